The summed E-state index contributed by atoms with van der Waals surface area (Å²) < 4.78 is 2.47. The van der Waals surface area contributed by atoms with Gasteiger partial charge in [-0.3, -0.25) is 0 Å². The Kier molecular flexibility index (Phi) is 5.87. The number of nitriles is 1. The van der Waals surface area contributed by atoms with Crippen LogP contribution in [0.3, 0.4) is 0 Å². The second-order valence-corrected chi connectivity index (χ2v) is 9.05. The Morgan fingerprint density at radius 3 is 2.39 bits per heavy atom. The van der Waals surface area contributed by atoms with E-state index >= 15 is 0 Å². The first kappa shape index (κ1) is 19.3. The molecule has 0 radical (unpaired) electrons. The monoisotopic (exact) mass is 375 g/mol. The normalized spacial score (nSPS) is 24.9. The molecule has 2 heterocycles. The number of piperidine rings is 1. The molecule has 1 aliphatic heterocycles. The van der Waals surface area contributed by atoms with Crippen LogP contribution in [0.4, 0.5) is 0 Å². The van der Waals surface area contributed by atoms with Crippen LogP contribution in [0.5, 0.6) is 0 Å². The Labute approximate surface area is 169 Å². The van der Waals surface area contributed by atoms with Gasteiger partial charge in [-0.1, -0.05) is 32.0 Å². The standard InChI is InChI=1S/C25H33N3/c1-19(2)20-9-11-22(12-10-20)27-16-13-23(14-17-27)28-18-21(6-5-15-26)24-7-3-4-8-25(24)28/h3-8,18-20,22-23H,9-14,16-17H2,1-2H3/b6-5+. The van der Waals surface area contributed by atoms with E-state index in [9.17, 15) is 0 Å². The maximum Gasteiger partial charge on any atom is 0.0912 e. The molecule has 1 saturated heterocycles. The fourth-order valence-electron chi connectivity index (χ4n) is 5.46. The largest absolute Gasteiger partial charge is 0.344 e. The van der Waals surface area contributed by atoms with E-state index < -0.39 is 0 Å². The summed E-state index contributed by atoms with van der Waals surface area (Å²) in [6.07, 6.45) is 13.9. The Bertz CT molecular complexity index is 854. The van der Waals surface area contributed by atoms with Crippen LogP contribution in [0.1, 0.15) is 64.0 Å². The fraction of sp³-hybridized carbons (Fsp3) is 0.560. The van der Waals surface area contributed by atoms with Gasteiger partial charge in [0.1, 0.15) is 0 Å². The lowest BCUT2D eigenvalue weighted by molar-refractivity contribution is 0.0894. The molecular formula is C25H33N3. The van der Waals surface area contributed by atoms with E-state index in [4.69, 9.17) is 5.26 Å². The van der Waals surface area contributed by atoms with Gasteiger partial charge in [0, 0.05) is 53.9 Å². The minimum Gasteiger partial charge on any atom is -0.344 e. The molecule has 3 nitrogen and oxygen atoms in total. The number of aromatic nitrogens is 1. The molecule has 0 bridgehead atoms. The minimum absolute atomic E-state index is 0.567. The van der Waals surface area contributed by atoms with Crippen molar-refractivity contribution in [3.05, 3.63) is 42.1 Å². The number of benzene rings is 1. The molecule has 2 aromatic rings. The van der Waals surface area contributed by atoms with Crippen molar-refractivity contribution in [2.24, 2.45) is 11.8 Å². The van der Waals surface area contributed by atoms with Crippen molar-refractivity contribution in [2.45, 2.75) is 64.5 Å². The van der Waals surface area contributed by atoms with Gasteiger partial charge in [0.25, 0.3) is 0 Å². The summed E-state index contributed by atoms with van der Waals surface area (Å²) in [7, 11) is 0. The lowest BCUT2D eigenvalue weighted by Crippen LogP contribution is -2.43. The molecule has 1 aromatic carbocycles. The quantitative estimate of drug-likeness (QED) is 0.611. The van der Waals surface area contributed by atoms with E-state index in [1.165, 1.54) is 62.5 Å². The predicted molar refractivity (Wildman–Crippen MR) is 117 cm³/mol. The molecule has 0 atom stereocenters. The van der Waals surface area contributed by atoms with Gasteiger partial charge in [-0.25, -0.2) is 0 Å². The molecular weight excluding hydrogens is 342 g/mol. The van der Waals surface area contributed by atoms with E-state index in [1.807, 2.05) is 6.08 Å². The number of nitrogens with zero attached hydrogens (tertiary/aromatic N) is 3. The number of fused-ring (bicyclic) bond motifs is 1. The molecule has 1 aromatic heterocycles. The van der Waals surface area contributed by atoms with Gasteiger partial charge in [-0.2, -0.15) is 5.26 Å². The van der Waals surface area contributed by atoms with Gasteiger partial charge < -0.3 is 9.47 Å². The van der Waals surface area contributed by atoms with Crippen LogP contribution in [0.2, 0.25) is 0 Å². The molecule has 28 heavy (non-hydrogen) atoms. The molecule has 4 rings (SSSR count). The zero-order valence-electron chi connectivity index (χ0n) is 17.3. The molecule has 0 unspecified atom stereocenters. The maximum atomic E-state index is 8.91. The Hall–Kier alpha value is -2.05. The predicted octanol–water partition coefficient (Wildman–Crippen LogP) is 6.03. The minimum atomic E-state index is 0.567. The summed E-state index contributed by atoms with van der Waals surface area (Å²) in [6, 6.07) is 12.1. The van der Waals surface area contributed by atoms with Crippen molar-refractivity contribution in [3.63, 3.8) is 0 Å². The average molecular weight is 376 g/mol. The highest BCUT2D eigenvalue weighted by molar-refractivity contribution is 5.89. The summed E-state index contributed by atoms with van der Waals surface area (Å²) in [5.74, 6) is 1.79. The van der Waals surface area contributed by atoms with Gasteiger partial charge in [-0.05, 0) is 62.5 Å². The zero-order valence-corrected chi connectivity index (χ0v) is 17.3. The first-order chi connectivity index (χ1) is 13.7. The van der Waals surface area contributed by atoms with Crippen molar-refractivity contribution >= 4 is 17.0 Å². The van der Waals surface area contributed by atoms with Crippen LogP contribution in [-0.4, -0.2) is 28.6 Å². The van der Waals surface area contributed by atoms with Crippen molar-refractivity contribution in [3.8, 4) is 6.07 Å². The summed E-state index contributed by atoms with van der Waals surface area (Å²) in [5.41, 5.74) is 2.46. The van der Waals surface area contributed by atoms with E-state index in [0.29, 0.717) is 6.04 Å². The Balaban J connectivity index is 1.43. The van der Waals surface area contributed by atoms with Gasteiger partial charge >= 0.3 is 0 Å². The second-order valence-electron chi connectivity index (χ2n) is 9.05. The number of allylic oxidation sites excluding steroid dienone is 1. The number of para-hydroxylation sites is 1. The van der Waals surface area contributed by atoms with Crippen LogP contribution in [-0.2, 0) is 0 Å². The highest BCUT2D eigenvalue weighted by atomic mass is 15.2. The van der Waals surface area contributed by atoms with E-state index in [2.05, 4.69) is 59.8 Å². The summed E-state index contributed by atoms with van der Waals surface area (Å²) >= 11 is 0. The number of rotatable bonds is 4. The first-order valence-electron chi connectivity index (χ1n) is 11.1. The van der Waals surface area contributed by atoms with E-state index in [0.717, 1.165) is 23.4 Å². The lowest BCUT2D eigenvalue weighted by atomic mass is 9.79. The highest BCUT2D eigenvalue weighted by Crippen LogP contribution is 2.36. The maximum absolute atomic E-state index is 8.91. The molecule has 2 aliphatic rings. The Morgan fingerprint density at radius 2 is 1.71 bits per heavy atom. The summed E-state index contributed by atoms with van der Waals surface area (Å²) in [6.45, 7) is 7.21. The van der Waals surface area contributed by atoms with Gasteiger partial charge in [-0.15, -0.1) is 0 Å². The SMILES string of the molecule is CC(C)C1CCC(N2CCC(n3cc(/C=C/C#N)c4ccccc43)CC2)CC1. The highest BCUT2D eigenvalue weighted by Gasteiger charge is 2.30. The third-order valence-electron chi connectivity index (χ3n) is 7.20. The van der Waals surface area contributed by atoms with Crippen molar-refractivity contribution in [1.29, 1.82) is 5.26 Å². The Morgan fingerprint density at radius 1 is 1.00 bits per heavy atom. The van der Waals surface area contributed by atoms with E-state index in [-0.39, 0.29) is 0 Å². The van der Waals surface area contributed by atoms with Gasteiger partial charge in [0.15, 0.2) is 0 Å². The van der Waals surface area contributed by atoms with Crippen LogP contribution >= 0.6 is 0 Å². The van der Waals surface area contributed by atoms with Crippen molar-refractivity contribution in [1.82, 2.24) is 9.47 Å². The summed E-state index contributed by atoms with van der Waals surface area (Å²) in [4.78, 5) is 2.77. The molecule has 1 saturated carbocycles. The molecule has 3 heteroatoms. The molecule has 2 fully saturated rings. The number of likely N-dealkylation sites (tertiary alicyclic amines) is 1. The van der Waals surface area contributed by atoms with Crippen molar-refractivity contribution < 1.29 is 0 Å². The third kappa shape index (κ3) is 3.89. The van der Waals surface area contributed by atoms with Crippen LogP contribution in [0.25, 0.3) is 17.0 Å². The number of hydrogen-bond donors (Lipinski definition) is 0. The fourth-order valence-corrected chi connectivity index (χ4v) is 5.46. The zero-order chi connectivity index (χ0) is 19.5. The van der Waals surface area contributed by atoms with E-state index in [1.54, 1.807) is 6.08 Å². The average Bonchev–Trinajstić information content (AvgIpc) is 3.11. The smallest absolute Gasteiger partial charge is 0.0912 e. The molecule has 1 aliphatic carbocycles. The third-order valence-corrected chi connectivity index (χ3v) is 7.20. The summed E-state index contributed by atoms with van der Waals surface area (Å²) in [5, 5.41) is 10.2. The first-order valence-corrected chi connectivity index (χ1v) is 11.1. The van der Waals surface area contributed by atoms with Crippen molar-refractivity contribution in [2.75, 3.05) is 13.1 Å². The molecule has 148 valence electrons. The topological polar surface area (TPSA) is 32.0 Å². The van der Waals surface area contributed by atoms with Crippen LogP contribution in [0, 0.1) is 23.2 Å². The van der Waals surface area contributed by atoms with Gasteiger partial charge in [0.05, 0.1) is 6.07 Å². The van der Waals surface area contributed by atoms with Crippen LogP contribution in [0.15, 0.2) is 36.5 Å². The number of hydrogen-bond acceptors (Lipinski definition) is 2. The molecule has 0 amide bonds. The molecule has 0 spiro atoms. The lowest BCUT2D eigenvalue weighted by Gasteiger charge is -2.42. The second kappa shape index (κ2) is 8.53. The van der Waals surface area contributed by atoms with Gasteiger partial charge in [0.2, 0.25) is 0 Å². The van der Waals surface area contributed by atoms with Crippen LogP contribution < -0.4 is 0 Å². The molecule has 0 N–H and O–H groups in total.